The average molecular weight is 441 g/mol. The Bertz CT molecular complexity index is 833. The molecule has 0 aliphatic heterocycles. The summed E-state index contributed by atoms with van der Waals surface area (Å²) in [6.07, 6.45) is 5.09. The summed E-state index contributed by atoms with van der Waals surface area (Å²) in [4.78, 5) is 39.8. The maximum Gasteiger partial charge on any atom is 0.332 e. The Morgan fingerprint density at radius 2 is 1.41 bits per heavy atom. The number of rotatable bonds is 12. The second-order valence-electron chi connectivity index (χ2n) is 7.79. The van der Waals surface area contributed by atoms with Crippen LogP contribution in [0.2, 0.25) is 0 Å². The monoisotopic (exact) mass is 440 g/mol. The lowest BCUT2D eigenvalue weighted by Gasteiger charge is -2.07. The molecule has 0 unspecified atom stereocenters. The first kappa shape index (κ1) is 27.0. The molecule has 0 heterocycles. The van der Waals surface area contributed by atoms with Gasteiger partial charge in [0.2, 0.25) is 0 Å². The predicted octanol–water partition coefficient (Wildman–Crippen LogP) is 4.09. The largest absolute Gasteiger partial charge is 0.341 e. The van der Waals surface area contributed by atoms with Crippen LogP contribution in [0.1, 0.15) is 63.1 Å². The molecule has 1 amide bonds. The van der Waals surface area contributed by atoms with E-state index in [2.05, 4.69) is 29.7 Å². The average Bonchev–Trinajstić information content (AvgIpc) is 2.77. The number of ketones is 1. The number of unbranched alkanes of at least 4 members (excludes halogenated alkanes) is 1. The molecule has 174 valence electrons. The van der Waals surface area contributed by atoms with Crippen molar-refractivity contribution in [1.29, 1.82) is 0 Å². The molecule has 0 spiro atoms. The molecular weight excluding hydrogens is 404 g/mol. The van der Waals surface area contributed by atoms with Gasteiger partial charge in [-0.15, -0.1) is 0 Å². The molecule has 32 heavy (non-hydrogen) atoms. The quantitative estimate of drug-likeness (QED) is 0.383. The van der Waals surface area contributed by atoms with Crippen LogP contribution in [0.15, 0.2) is 54.6 Å². The van der Waals surface area contributed by atoms with Gasteiger partial charge in [0.05, 0.1) is 12.5 Å². The smallest absolute Gasteiger partial charge is 0.332 e. The first-order chi connectivity index (χ1) is 14.9. The van der Waals surface area contributed by atoms with Crippen molar-refractivity contribution in [2.75, 3.05) is 0 Å². The molecule has 0 saturated carbocycles. The van der Waals surface area contributed by atoms with E-state index in [1.807, 2.05) is 30.3 Å². The zero-order valence-corrected chi connectivity index (χ0v) is 18.1. The number of benzene rings is 2. The van der Waals surface area contributed by atoms with Crippen molar-refractivity contribution < 1.29 is 19.2 Å². The Morgan fingerprint density at radius 3 is 2.00 bits per heavy atom. The van der Waals surface area contributed by atoms with Gasteiger partial charge >= 0.3 is 5.97 Å². The van der Waals surface area contributed by atoms with Crippen LogP contribution in [0.4, 0.5) is 0 Å². The molecule has 2 aromatic rings. The number of amides is 1. The Hall–Kier alpha value is -2.99. The van der Waals surface area contributed by atoms with E-state index in [0.29, 0.717) is 6.42 Å². The fourth-order valence-electron chi connectivity index (χ4n) is 3.15. The number of carbonyl (C=O) groups excluding carboxylic acids is 3. The van der Waals surface area contributed by atoms with Crippen LogP contribution >= 0.6 is 0 Å². The van der Waals surface area contributed by atoms with E-state index in [9.17, 15) is 14.4 Å². The number of hydroxylamine groups is 1. The molecule has 0 saturated heterocycles. The number of hydrogen-bond donors (Lipinski definition) is 2. The Morgan fingerprint density at radius 1 is 0.844 bits per heavy atom. The minimum absolute atomic E-state index is 0. The van der Waals surface area contributed by atoms with Crippen LogP contribution in [0.25, 0.3) is 0 Å². The van der Waals surface area contributed by atoms with Gasteiger partial charge in [0.1, 0.15) is 5.78 Å². The molecule has 6 heteroatoms. The molecule has 0 aromatic heterocycles. The van der Waals surface area contributed by atoms with Crippen LogP contribution in [0, 0.1) is 0 Å². The van der Waals surface area contributed by atoms with Gasteiger partial charge in [-0.3, -0.25) is 9.59 Å². The molecule has 1 atom stereocenters. The second kappa shape index (κ2) is 14.9. The maximum atomic E-state index is 12.0. The van der Waals surface area contributed by atoms with E-state index in [1.165, 1.54) is 11.1 Å². The molecule has 6 nitrogen and oxygen atoms in total. The van der Waals surface area contributed by atoms with Crippen LogP contribution in [-0.2, 0) is 38.5 Å². The van der Waals surface area contributed by atoms with Gasteiger partial charge < -0.3 is 10.6 Å². The van der Waals surface area contributed by atoms with Crippen LogP contribution < -0.4 is 11.2 Å². The highest BCUT2D eigenvalue weighted by Crippen LogP contribution is 2.11. The molecule has 0 fully saturated rings. The van der Waals surface area contributed by atoms with Crippen molar-refractivity contribution in [2.24, 2.45) is 5.73 Å². The second-order valence-corrected chi connectivity index (χ2v) is 7.79. The summed E-state index contributed by atoms with van der Waals surface area (Å²) >= 11 is 0. The number of nitrogens with two attached hydrogens (primary N) is 1. The lowest BCUT2D eigenvalue weighted by atomic mass is 10.0. The van der Waals surface area contributed by atoms with Crippen LogP contribution in [-0.4, -0.2) is 23.7 Å². The summed E-state index contributed by atoms with van der Waals surface area (Å²) in [7, 11) is 0. The Labute approximate surface area is 191 Å². The molecular formula is C26H36N2O4. The van der Waals surface area contributed by atoms with E-state index in [-0.39, 0.29) is 32.5 Å². The minimum atomic E-state index is -0.573. The van der Waals surface area contributed by atoms with Crippen molar-refractivity contribution in [1.82, 2.24) is 5.48 Å². The number of hydrogen-bond acceptors (Lipinski definition) is 5. The van der Waals surface area contributed by atoms with E-state index < -0.39 is 17.9 Å². The van der Waals surface area contributed by atoms with Crippen molar-refractivity contribution in [3.05, 3.63) is 71.3 Å². The minimum Gasteiger partial charge on any atom is -0.341 e. The maximum absolute atomic E-state index is 12.0. The van der Waals surface area contributed by atoms with Gasteiger partial charge in [0.25, 0.3) is 5.91 Å². The predicted molar refractivity (Wildman–Crippen MR) is 127 cm³/mol. The van der Waals surface area contributed by atoms with Crippen LogP contribution in [0.5, 0.6) is 0 Å². The summed E-state index contributed by atoms with van der Waals surface area (Å²) in [5.74, 6) is -1.07. The van der Waals surface area contributed by atoms with Crippen molar-refractivity contribution in [2.45, 2.75) is 71.8 Å². The van der Waals surface area contributed by atoms with E-state index in [1.54, 1.807) is 6.92 Å². The van der Waals surface area contributed by atoms with E-state index in [4.69, 9.17) is 10.6 Å². The number of Topliss-reactive ketones (excluding diaryl/α,β-unsaturated/α-hetero) is 1. The zero-order valence-electron chi connectivity index (χ0n) is 18.1. The summed E-state index contributed by atoms with van der Waals surface area (Å²) in [6.45, 7) is 1.61. The number of carbonyl (C=O) groups is 3. The highest BCUT2D eigenvalue weighted by Gasteiger charge is 2.11. The molecule has 0 aliphatic rings. The highest BCUT2D eigenvalue weighted by molar-refractivity contribution is 5.84. The molecule has 2 rings (SSSR count). The van der Waals surface area contributed by atoms with E-state index in [0.717, 1.165) is 31.2 Å². The normalized spacial score (nSPS) is 11.2. The van der Waals surface area contributed by atoms with Crippen molar-refractivity contribution >= 4 is 17.7 Å². The molecule has 3 N–H and O–H groups in total. The number of nitrogens with one attached hydrogen (secondary N) is 1. The van der Waals surface area contributed by atoms with E-state index >= 15 is 0 Å². The van der Waals surface area contributed by atoms with Gasteiger partial charge in [-0.25, -0.2) is 4.79 Å². The summed E-state index contributed by atoms with van der Waals surface area (Å²) in [5.41, 5.74) is 11.1. The summed E-state index contributed by atoms with van der Waals surface area (Å²) in [5, 5.41) is 0. The fraction of sp³-hybridized carbons (Fsp3) is 0.423. The Kier molecular flexibility index (Phi) is 12.6. The number of aryl methyl sites for hydroxylation is 2. The molecule has 0 aliphatic carbocycles. The third-order valence-electron chi connectivity index (χ3n) is 5.00. The molecule has 0 radical (unpaired) electrons. The third-order valence-corrected chi connectivity index (χ3v) is 5.00. The third kappa shape index (κ3) is 10.9. The van der Waals surface area contributed by atoms with Crippen molar-refractivity contribution in [3.8, 4) is 0 Å². The zero-order chi connectivity index (χ0) is 22.5. The topological polar surface area (TPSA) is 98.5 Å². The summed E-state index contributed by atoms with van der Waals surface area (Å²) < 4.78 is 0. The fourth-order valence-corrected chi connectivity index (χ4v) is 3.15. The molecule has 0 bridgehead atoms. The Balaban J connectivity index is 0.00000512. The van der Waals surface area contributed by atoms with Gasteiger partial charge in [-0.05, 0) is 55.7 Å². The van der Waals surface area contributed by atoms with Gasteiger partial charge in [-0.1, -0.05) is 62.0 Å². The lowest BCUT2D eigenvalue weighted by Crippen LogP contribution is -2.29. The van der Waals surface area contributed by atoms with Crippen molar-refractivity contribution in [3.63, 3.8) is 0 Å². The SMILES string of the molecule is C.C[C@H](N)C(=O)CCCC(=O)ONC(=O)Cc1ccc(CCCCc2ccccc2)cc1. The van der Waals surface area contributed by atoms with Gasteiger partial charge in [0.15, 0.2) is 0 Å². The van der Waals surface area contributed by atoms with Crippen LogP contribution in [0.3, 0.4) is 0 Å². The first-order valence-electron chi connectivity index (χ1n) is 10.8. The first-order valence-corrected chi connectivity index (χ1v) is 10.8. The highest BCUT2D eigenvalue weighted by atomic mass is 16.7. The van der Waals surface area contributed by atoms with Gasteiger partial charge in [-0.2, -0.15) is 5.48 Å². The summed E-state index contributed by atoms with van der Waals surface area (Å²) in [6, 6.07) is 17.9. The molecule has 2 aromatic carbocycles. The van der Waals surface area contributed by atoms with Gasteiger partial charge in [0, 0.05) is 12.8 Å². The standard InChI is InChI=1S/C25H32N2O4.CH4/c1-19(26)23(28)12-7-13-25(30)31-27-24(29)18-22-16-14-21(15-17-22)11-6-5-10-20-8-3-2-4-9-20;/h2-4,8-9,14-17,19H,5-7,10-13,18,26H2,1H3,(H,27,29);1H4/t19-;/m0./s1. The lowest BCUT2D eigenvalue weighted by molar-refractivity contribution is -0.158.